The fraction of sp³-hybridized carbons (Fsp3) is 0.138. The van der Waals surface area contributed by atoms with Gasteiger partial charge in [0.05, 0.1) is 16.3 Å². The summed E-state index contributed by atoms with van der Waals surface area (Å²) >= 11 is 6.25. The smallest absolute Gasteiger partial charge is 0.340 e. The van der Waals surface area contributed by atoms with E-state index in [1.807, 2.05) is 62.4 Å². The molecule has 0 saturated carbocycles. The number of hydrogen-bond donors (Lipinski definition) is 2. The van der Waals surface area contributed by atoms with Crippen molar-refractivity contribution in [2.24, 2.45) is 0 Å². The van der Waals surface area contributed by atoms with E-state index in [0.29, 0.717) is 34.0 Å². The first-order chi connectivity index (χ1) is 17.4. The number of fused-ring (bicyclic) bond motifs is 6. The van der Waals surface area contributed by atoms with Gasteiger partial charge >= 0.3 is 5.97 Å². The van der Waals surface area contributed by atoms with E-state index in [1.54, 1.807) is 12.1 Å². The Morgan fingerprint density at radius 3 is 2.53 bits per heavy atom. The topological polar surface area (TPSA) is 59.6 Å². The highest BCUT2D eigenvalue weighted by atomic mass is 35.5. The number of esters is 1. The summed E-state index contributed by atoms with van der Waals surface area (Å²) in [6.07, 6.45) is 0. The Kier molecular flexibility index (Phi) is 5.16. The number of benzene rings is 4. The maximum atomic E-state index is 13.6. The Morgan fingerprint density at radius 1 is 0.917 bits per heavy atom. The molecule has 0 amide bonds. The lowest BCUT2D eigenvalue weighted by atomic mass is 9.77. The number of hydrogen-bond acceptors (Lipinski definition) is 5. The van der Waals surface area contributed by atoms with Gasteiger partial charge in [0.2, 0.25) is 0 Å². The van der Waals surface area contributed by atoms with Gasteiger partial charge in [0.1, 0.15) is 17.3 Å². The van der Waals surface area contributed by atoms with Crippen LogP contribution in [0.2, 0.25) is 5.02 Å². The largest absolute Gasteiger partial charge is 0.456 e. The van der Waals surface area contributed by atoms with E-state index in [9.17, 15) is 9.18 Å². The molecular formula is C29H22ClFN2O3. The van der Waals surface area contributed by atoms with Crippen molar-refractivity contribution in [2.75, 3.05) is 17.2 Å². The molecule has 2 heterocycles. The van der Waals surface area contributed by atoms with E-state index >= 15 is 0 Å². The number of halogens is 2. The van der Waals surface area contributed by atoms with Crippen LogP contribution < -0.4 is 15.4 Å². The average molecular weight is 501 g/mol. The predicted molar refractivity (Wildman–Crippen MR) is 138 cm³/mol. The normalized spacial score (nSPS) is 17.1. The van der Waals surface area contributed by atoms with Crippen LogP contribution in [0.5, 0.6) is 11.5 Å². The van der Waals surface area contributed by atoms with E-state index in [4.69, 9.17) is 21.1 Å². The molecule has 2 aliphatic rings. The fourth-order valence-electron chi connectivity index (χ4n) is 5.03. The summed E-state index contributed by atoms with van der Waals surface area (Å²) in [5.74, 6) is 0.393. The summed E-state index contributed by atoms with van der Waals surface area (Å²) in [7, 11) is 0. The van der Waals surface area contributed by atoms with E-state index in [1.165, 1.54) is 12.1 Å². The second kappa shape index (κ2) is 8.28. The van der Waals surface area contributed by atoms with Gasteiger partial charge in [-0.2, -0.15) is 0 Å². The molecule has 2 aliphatic heterocycles. The zero-order valence-corrected chi connectivity index (χ0v) is 20.4. The highest BCUT2D eigenvalue weighted by Gasteiger charge is 2.53. The molecule has 0 bridgehead atoms. The van der Waals surface area contributed by atoms with Gasteiger partial charge in [-0.3, -0.25) is 0 Å². The maximum Gasteiger partial charge on any atom is 0.340 e. The Balaban J connectivity index is 1.57. The van der Waals surface area contributed by atoms with Gasteiger partial charge in [0.15, 0.2) is 5.60 Å². The van der Waals surface area contributed by atoms with Crippen LogP contribution in [0.15, 0.2) is 72.8 Å². The third-order valence-corrected chi connectivity index (χ3v) is 6.95. The van der Waals surface area contributed by atoms with Crippen molar-refractivity contribution < 1.29 is 18.7 Å². The zero-order valence-electron chi connectivity index (χ0n) is 19.6. The molecule has 1 atom stereocenters. The summed E-state index contributed by atoms with van der Waals surface area (Å²) in [6, 6.07) is 21.1. The van der Waals surface area contributed by atoms with Gasteiger partial charge in [-0.15, -0.1) is 0 Å². The van der Waals surface area contributed by atoms with Gasteiger partial charge < -0.3 is 20.1 Å². The number of carbonyl (C=O) groups excluding carboxylic acids is 1. The molecule has 0 fully saturated rings. The van der Waals surface area contributed by atoms with Crippen LogP contribution in [-0.4, -0.2) is 12.5 Å². The number of aryl methyl sites for hydroxylation is 1. The van der Waals surface area contributed by atoms with Crippen LogP contribution in [0.25, 0.3) is 0 Å². The fourth-order valence-corrected chi connectivity index (χ4v) is 5.24. The molecule has 2 N–H and O–H groups in total. The Hall–Kier alpha value is -4.03. The predicted octanol–water partition coefficient (Wildman–Crippen LogP) is 7.53. The molecule has 0 saturated heterocycles. The minimum atomic E-state index is -1.18. The van der Waals surface area contributed by atoms with Crippen LogP contribution in [-0.2, 0) is 10.3 Å². The molecule has 4 aromatic rings. The third kappa shape index (κ3) is 3.33. The Morgan fingerprint density at radius 2 is 1.72 bits per heavy atom. The molecule has 1 spiro atoms. The monoisotopic (exact) mass is 500 g/mol. The molecule has 4 aromatic carbocycles. The number of rotatable bonds is 4. The zero-order chi connectivity index (χ0) is 25.0. The first-order valence-corrected chi connectivity index (χ1v) is 12.0. The molecule has 1 unspecified atom stereocenters. The van der Waals surface area contributed by atoms with Gasteiger partial charge in [-0.1, -0.05) is 29.8 Å². The molecule has 36 heavy (non-hydrogen) atoms. The molecule has 7 heteroatoms. The lowest BCUT2D eigenvalue weighted by Gasteiger charge is -2.37. The number of nitrogens with one attached hydrogen (secondary N) is 2. The lowest BCUT2D eigenvalue weighted by Crippen LogP contribution is -2.33. The van der Waals surface area contributed by atoms with Gasteiger partial charge in [0.25, 0.3) is 0 Å². The van der Waals surface area contributed by atoms with E-state index in [2.05, 4.69) is 10.6 Å². The lowest BCUT2D eigenvalue weighted by molar-refractivity contribution is 0.0224. The van der Waals surface area contributed by atoms with Crippen molar-refractivity contribution in [3.8, 4) is 11.5 Å². The summed E-state index contributed by atoms with van der Waals surface area (Å²) in [5.41, 5.74) is 4.74. The summed E-state index contributed by atoms with van der Waals surface area (Å²) < 4.78 is 26.2. The minimum absolute atomic E-state index is 0.258. The first kappa shape index (κ1) is 22.4. The first-order valence-electron chi connectivity index (χ1n) is 11.7. The molecule has 0 aliphatic carbocycles. The van der Waals surface area contributed by atoms with Crippen LogP contribution in [0.4, 0.5) is 21.5 Å². The van der Waals surface area contributed by atoms with Crippen LogP contribution in [0.3, 0.4) is 0 Å². The van der Waals surface area contributed by atoms with Gasteiger partial charge in [-0.05, 0) is 67.9 Å². The second-order valence-corrected chi connectivity index (χ2v) is 9.28. The summed E-state index contributed by atoms with van der Waals surface area (Å²) in [4.78, 5) is 13.1. The van der Waals surface area contributed by atoms with Crippen molar-refractivity contribution >= 4 is 34.6 Å². The molecule has 0 aromatic heterocycles. The molecule has 0 radical (unpaired) electrons. The van der Waals surface area contributed by atoms with Crippen LogP contribution >= 0.6 is 11.6 Å². The number of carbonyl (C=O) groups is 1. The van der Waals surface area contributed by atoms with E-state index in [0.717, 1.165) is 28.9 Å². The van der Waals surface area contributed by atoms with Crippen LogP contribution in [0, 0.1) is 12.7 Å². The standard InChI is InChI=1S/C29H22ClFN2O3/c1-3-32-25-15-27-21(12-16(25)2)29(20-7-5-4-6-19(20)28(34)36-29)22-14-18(9-11-26(22)35-27)33-24-10-8-17(31)13-23(24)30/h4-15,32-33H,3H2,1-2H3. The van der Waals surface area contributed by atoms with Crippen molar-refractivity contribution in [3.05, 3.63) is 111 Å². The van der Waals surface area contributed by atoms with Crippen LogP contribution in [0.1, 0.15) is 39.5 Å². The Labute approximate surface area is 212 Å². The molecular weight excluding hydrogens is 479 g/mol. The van der Waals surface area contributed by atoms with Crippen molar-refractivity contribution in [1.82, 2.24) is 0 Å². The summed E-state index contributed by atoms with van der Waals surface area (Å²) in [5, 5.41) is 6.87. The highest BCUT2D eigenvalue weighted by molar-refractivity contribution is 6.33. The number of anilines is 3. The quantitative estimate of drug-likeness (QED) is 0.283. The molecule has 5 nitrogen and oxygen atoms in total. The van der Waals surface area contributed by atoms with E-state index in [-0.39, 0.29) is 5.02 Å². The Bertz CT molecular complexity index is 1550. The molecule has 180 valence electrons. The summed E-state index contributed by atoms with van der Waals surface area (Å²) in [6.45, 7) is 4.81. The molecule has 6 rings (SSSR count). The maximum absolute atomic E-state index is 13.6. The van der Waals surface area contributed by atoms with Crippen molar-refractivity contribution in [3.63, 3.8) is 0 Å². The minimum Gasteiger partial charge on any atom is -0.456 e. The van der Waals surface area contributed by atoms with Gasteiger partial charge in [-0.25, -0.2) is 9.18 Å². The highest BCUT2D eigenvalue weighted by Crippen LogP contribution is 2.57. The van der Waals surface area contributed by atoms with E-state index < -0.39 is 17.4 Å². The third-order valence-electron chi connectivity index (χ3n) is 6.63. The second-order valence-electron chi connectivity index (χ2n) is 8.87. The van der Waals surface area contributed by atoms with Crippen molar-refractivity contribution in [2.45, 2.75) is 19.4 Å². The number of ether oxygens (including phenoxy) is 2. The SMILES string of the molecule is CCNc1cc2c(cc1C)C1(OC(=O)c3ccccc31)c1cc(Nc3ccc(F)cc3Cl)ccc1O2. The van der Waals surface area contributed by atoms with Crippen molar-refractivity contribution in [1.29, 1.82) is 0 Å². The average Bonchev–Trinajstić information content (AvgIpc) is 3.16. The van der Waals surface area contributed by atoms with Gasteiger partial charge in [0, 0.05) is 40.7 Å².